The second kappa shape index (κ2) is 4.43. The Morgan fingerprint density at radius 3 is 2.84 bits per heavy atom. The van der Waals surface area contributed by atoms with Gasteiger partial charge in [-0.2, -0.15) is 0 Å². The van der Waals surface area contributed by atoms with Gasteiger partial charge >= 0.3 is 0 Å². The molecule has 1 unspecified atom stereocenters. The highest BCUT2D eigenvalue weighted by atomic mass is 16.1. The lowest BCUT2D eigenvalue weighted by Gasteiger charge is -2.27. The molecule has 0 amide bonds. The zero-order chi connectivity index (χ0) is 13.4. The summed E-state index contributed by atoms with van der Waals surface area (Å²) in [6, 6.07) is 8.43. The molecule has 1 aromatic heterocycles. The predicted molar refractivity (Wildman–Crippen MR) is 76.7 cm³/mol. The maximum absolute atomic E-state index is 11.4. The third kappa shape index (κ3) is 1.97. The van der Waals surface area contributed by atoms with Crippen LogP contribution in [0.15, 0.2) is 54.4 Å². The van der Waals surface area contributed by atoms with Crippen molar-refractivity contribution in [3.05, 3.63) is 60.0 Å². The van der Waals surface area contributed by atoms with Crippen molar-refractivity contribution < 1.29 is 4.79 Å². The Morgan fingerprint density at radius 1 is 1.32 bits per heavy atom. The van der Waals surface area contributed by atoms with Crippen molar-refractivity contribution in [3.8, 4) is 0 Å². The summed E-state index contributed by atoms with van der Waals surface area (Å²) in [6.45, 7) is 1.59. The quantitative estimate of drug-likeness (QED) is 0.891. The van der Waals surface area contributed by atoms with Crippen LogP contribution in [0.4, 0.5) is 0 Å². The molecule has 1 aromatic carbocycles. The van der Waals surface area contributed by atoms with E-state index in [2.05, 4.69) is 28.1 Å². The van der Waals surface area contributed by atoms with Crippen LogP contribution >= 0.6 is 0 Å². The molecule has 3 heteroatoms. The lowest BCUT2D eigenvalue weighted by molar-refractivity contribution is -0.113. The van der Waals surface area contributed by atoms with Crippen LogP contribution in [0.5, 0.6) is 0 Å². The number of ketones is 1. The van der Waals surface area contributed by atoms with Gasteiger partial charge < -0.3 is 9.88 Å². The SMILES string of the molecule is CC(=O)C1=CN(C)C(c2c[nH]c3ccccc23)C=C1. The van der Waals surface area contributed by atoms with E-state index in [0.29, 0.717) is 0 Å². The van der Waals surface area contributed by atoms with E-state index in [9.17, 15) is 4.79 Å². The molecular formula is C16H16N2O. The Hall–Kier alpha value is -2.29. The highest BCUT2D eigenvalue weighted by Gasteiger charge is 2.19. The number of carbonyl (C=O) groups excluding carboxylic acids is 1. The van der Waals surface area contributed by atoms with E-state index in [1.807, 2.05) is 37.7 Å². The van der Waals surface area contributed by atoms with E-state index < -0.39 is 0 Å². The molecule has 2 aromatic rings. The van der Waals surface area contributed by atoms with Gasteiger partial charge in [-0.15, -0.1) is 0 Å². The number of Topliss-reactive ketones (excluding diaryl/α,β-unsaturated/α-hetero) is 1. The van der Waals surface area contributed by atoms with Gasteiger partial charge in [0.1, 0.15) is 0 Å². The fourth-order valence-corrected chi connectivity index (χ4v) is 2.54. The maximum atomic E-state index is 11.4. The molecule has 1 N–H and O–H groups in total. The van der Waals surface area contributed by atoms with Gasteiger partial charge in [-0.3, -0.25) is 4.79 Å². The Kier molecular flexibility index (Phi) is 2.75. The van der Waals surface area contributed by atoms with Crippen molar-refractivity contribution in [2.75, 3.05) is 7.05 Å². The summed E-state index contributed by atoms with van der Waals surface area (Å²) in [5.41, 5.74) is 3.12. The molecule has 19 heavy (non-hydrogen) atoms. The Balaban J connectivity index is 2.01. The number of likely N-dealkylation sites (N-methyl/N-ethyl adjacent to an activating group) is 1. The molecule has 3 rings (SSSR count). The van der Waals surface area contributed by atoms with Crippen LogP contribution in [0.3, 0.4) is 0 Å². The Labute approximate surface area is 112 Å². The minimum atomic E-state index is 0.0977. The topological polar surface area (TPSA) is 36.1 Å². The number of hydrogen-bond donors (Lipinski definition) is 1. The second-order valence-electron chi connectivity index (χ2n) is 4.90. The van der Waals surface area contributed by atoms with Gasteiger partial charge in [0.2, 0.25) is 0 Å². The lowest BCUT2D eigenvalue weighted by atomic mass is 10.00. The zero-order valence-electron chi connectivity index (χ0n) is 11.1. The molecule has 1 aliphatic rings. The van der Waals surface area contributed by atoms with Crippen molar-refractivity contribution in [1.29, 1.82) is 0 Å². The average Bonchev–Trinajstić information content (AvgIpc) is 2.82. The van der Waals surface area contributed by atoms with E-state index in [1.54, 1.807) is 6.92 Å². The summed E-state index contributed by atoms with van der Waals surface area (Å²) >= 11 is 0. The maximum Gasteiger partial charge on any atom is 0.161 e. The number of para-hydroxylation sites is 1. The molecule has 0 radical (unpaired) electrons. The second-order valence-corrected chi connectivity index (χ2v) is 4.90. The number of rotatable bonds is 2. The molecule has 0 aliphatic carbocycles. The van der Waals surface area contributed by atoms with Crippen LogP contribution in [0.25, 0.3) is 10.9 Å². The van der Waals surface area contributed by atoms with E-state index >= 15 is 0 Å². The fraction of sp³-hybridized carbons (Fsp3) is 0.188. The molecular weight excluding hydrogens is 236 g/mol. The van der Waals surface area contributed by atoms with Crippen LogP contribution in [0.2, 0.25) is 0 Å². The molecule has 0 saturated carbocycles. The van der Waals surface area contributed by atoms with E-state index in [0.717, 1.165) is 11.1 Å². The molecule has 3 nitrogen and oxygen atoms in total. The molecule has 1 aliphatic heterocycles. The van der Waals surface area contributed by atoms with Crippen LogP contribution in [-0.4, -0.2) is 22.7 Å². The third-order valence-electron chi connectivity index (χ3n) is 3.59. The van der Waals surface area contributed by atoms with Gasteiger partial charge in [0.25, 0.3) is 0 Å². The molecule has 0 saturated heterocycles. The molecule has 96 valence electrons. The highest BCUT2D eigenvalue weighted by Crippen LogP contribution is 2.31. The minimum Gasteiger partial charge on any atom is -0.369 e. The monoisotopic (exact) mass is 252 g/mol. The summed E-state index contributed by atoms with van der Waals surface area (Å²) in [4.78, 5) is 16.8. The normalized spacial score (nSPS) is 18.7. The summed E-state index contributed by atoms with van der Waals surface area (Å²) in [7, 11) is 2.00. The van der Waals surface area contributed by atoms with Crippen molar-refractivity contribution in [2.45, 2.75) is 13.0 Å². The van der Waals surface area contributed by atoms with Gasteiger partial charge in [-0.1, -0.05) is 30.4 Å². The summed E-state index contributed by atoms with van der Waals surface area (Å²) < 4.78 is 0. The molecule has 0 fully saturated rings. The van der Waals surface area contributed by atoms with Crippen molar-refractivity contribution >= 4 is 16.7 Å². The fourth-order valence-electron chi connectivity index (χ4n) is 2.54. The van der Waals surface area contributed by atoms with E-state index in [4.69, 9.17) is 0 Å². The first kappa shape index (κ1) is 11.8. The summed E-state index contributed by atoms with van der Waals surface area (Å²) in [5.74, 6) is 0.0977. The van der Waals surface area contributed by atoms with Gasteiger partial charge in [0.15, 0.2) is 5.78 Å². The number of benzene rings is 1. The number of aromatic amines is 1. The largest absolute Gasteiger partial charge is 0.369 e. The number of allylic oxidation sites excluding steroid dienone is 2. The molecule has 2 heterocycles. The highest BCUT2D eigenvalue weighted by molar-refractivity contribution is 5.96. The van der Waals surface area contributed by atoms with Crippen LogP contribution < -0.4 is 0 Å². The Morgan fingerprint density at radius 2 is 2.11 bits per heavy atom. The van der Waals surface area contributed by atoms with Crippen molar-refractivity contribution in [2.24, 2.45) is 0 Å². The number of hydrogen-bond acceptors (Lipinski definition) is 2. The molecule has 0 spiro atoms. The first-order chi connectivity index (χ1) is 9.16. The number of H-pyrrole nitrogens is 1. The predicted octanol–water partition coefficient (Wildman–Crippen LogP) is 3.18. The van der Waals surface area contributed by atoms with Gasteiger partial charge in [0, 0.05) is 41.5 Å². The average molecular weight is 252 g/mol. The third-order valence-corrected chi connectivity index (χ3v) is 3.59. The molecule has 1 atom stereocenters. The first-order valence-electron chi connectivity index (χ1n) is 6.36. The van der Waals surface area contributed by atoms with E-state index in [-0.39, 0.29) is 11.8 Å². The van der Waals surface area contributed by atoms with Crippen molar-refractivity contribution in [1.82, 2.24) is 9.88 Å². The standard InChI is InChI=1S/C16H16N2O/c1-11(19)12-7-8-16(18(2)10-12)14-9-17-15-6-4-3-5-13(14)15/h3-10,16-17H,1-2H3. The van der Waals surface area contributed by atoms with Crippen molar-refractivity contribution in [3.63, 3.8) is 0 Å². The van der Waals surface area contributed by atoms with Gasteiger partial charge in [-0.25, -0.2) is 0 Å². The zero-order valence-corrected chi connectivity index (χ0v) is 11.1. The molecule has 0 bridgehead atoms. The summed E-state index contributed by atoms with van der Waals surface area (Å²) in [5, 5.41) is 1.23. The van der Waals surface area contributed by atoms with Crippen LogP contribution in [-0.2, 0) is 4.79 Å². The Bertz CT molecular complexity index is 694. The van der Waals surface area contributed by atoms with Crippen LogP contribution in [0.1, 0.15) is 18.5 Å². The number of nitrogens with zero attached hydrogens (tertiary/aromatic N) is 1. The van der Waals surface area contributed by atoms with E-state index in [1.165, 1.54) is 10.9 Å². The van der Waals surface area contributed by atoms with Gasteiger partial charge in [0.05, 0.1) is 6.04 Å². The minimum absolute atomic E-state index is 0.0977. The number of aromatic nitrogens is 1. The van der Waals surface area contributed by atoms with Crippen LogP contribution in [0, 0.1) is 0 Å². The lowest BCUT2D eigenvalue weighted by Crippen LogP contribution is -2.21. The summed E-state index contributed by atoms with van der Waals surface area (Å²) in [6.07, 6.45) is 7.94. The van der Waals surface area contributed by atoms with Gasteiger partial charge in [-0.05, 0) is 13.0 Å². The first-order valence-corrected chi connectivity index (χ1v) is 6.36. The number of carbonyl (C=O) groups is 1. The number of nitrogens with one attached hydrogen (secondary N) is 1. The number of fused-ring (bicyclic) bond motifs is 1. The smallest absolute Gasteiger partial charge is 0.161 e.